The predicted molar refractivity (Wildman–Crippen MR) is 97.9 cm³/mol. The van der Waals surface area contributed by atoms with Gasteiger partial charge in [0.2, 0.25) is 0 Å². The Morgan fingerprint density at radius 3 is 2.13 bits per heavy atom. The van der Waals surface area contributed by atoms with Crippen molar-refractivity contribution in [2.24, 2.45) is 4.99 Å². The van der Waals surface area contributed by atoms with Crippen molar-refractivity contribution in [2.75, 3.05) is 5.75 Å². The molecule has 0 bridgehead atoms. The largest absolute Gasteiger partial charge is 0.366 e. The van der Waals surface area contributed by atoms with E-state index in [1.807, 2.05) is 65.6 Å². The molecule has 1 heterocycles. The van der Waals surface area contributed by atoms with E-state index in [2.05, 4.69) is 20.8 Å². The van der Waals surface area contributed by atoms with Gasteiger partial charge in [0, 0.05) is 11.1 Å². The maximum atomic E-state index is 11.4. The van der Waals surface area contributed by atoms with E-state index in [0.29, 0.717) is 5.75 Å². The van der Waals surface area contributed by atoms with Gasteiger partial charge in [0.1, 0.15) is 0 Å². The maximum absolute atomic E-state index is 11.4. The number of aliphatic hydroxyl groups is 1. The molecule has 1 fully saturated rings. The molecule has 1 saturated heterocycles. The molecular weight excluding hydrogens is 304 g/mol. The second-order valence-electron chi connectivity index (χ2n) is 6.71. The summed E-state index contributed by atoms with van der Waals surface area (Å²) in [6, 6.07) is 19.7. The number of nitrogens with zero attached hydrogens (tertiary/aromatic N) is 2. The number of thioether (sulfide) groups is 1. The lowest BCUT2D eigenvalue weighted by molar-refractivity contribution is -0.0853. The van der Waals surface area contributed by atoms with Crippen LogP contribution >= 0.6 is 11.8 Å². The topological polar surface area (TPSA) is 35.8 Å². The Morgan fingerprint density at radius 2 is 1.57 bits per heavy atom. The number of hydrogen-bond acceptors (Lipinski definition) is 3. The van der Waals surface area contributed by atoms with Crippen molar-refractivity contribution in [2.45, 2.75) is 32.0 Å². The molecule has 1 aliphatic heterocycles. The zero-order chi connectivity index (χ0) is 16.5. The SMILES string of the molecule is CC(C)(C)N1C(=Nc2ccccc2)SC[C@]1(O)c1ccccc1. The molecule has 23 heavy (non-hydrogen) atoms. The van der Waals surface area contributed by atoms with E-state index in [4.69, 9.17) is 4.99 Å². The van der Waals surface area contributed by atoms with Gasteiger partial charge in [-0.25, -0.2) is 4.99 Å². The molecule has 1 atom stereocenters. The molecule has 2 aromatic carbocycles. The summed E-state index contributed by atoms with van der Waals surface area (Å²) >= 11 is 1.60. The van der Waals surface area contributed by atoms with Gasteiger partial charge in [0.05, 0.1) is 11.4 Å². The Balaban J connectivity index is 2.06. The molecule has 120 valence electrons. The number of amidine groups is 1. The van der Waals surface area contributed by atoms with Gasteiger partial charge in [-0.1, -0.05) is 60.3 Å². The fourth-order valence-electron chi connectivity index (χ4n) is 2.91. The summed E-state index contributed by atoms with van der Waals surface area (Å²) in [6.07, 6.45) is 0. The fraction of sp³-hybridized carbons (Fsp3) is 0.316. The molecule has 4 heteroatoms. The molecule has 2 aromatic rings. The third-order valence-electron chi connectivity index (χ3n) is 3.85. The molecule has 0 radical (unpaired) electrons. The zero-order valence-corrected chi connectivity index (χ0v) is 14.5. The van der Waals surface area contributed by atoms with Gasteiger partial charge >= 0.3 is 0 Å². The minimum Gasteiger partial charge on any atom is -0.366 e. The van der Waals surface area contributed by atoms with Crippen LogP contribution in [0.3, 0.4) is 0 Å². The van der Waals surface area contributed by atoms with Gasteiger partial charge in [-0.2, -0.15) is 0 Å². The first-order valence-corrected chi connectivity index (χ1v) is 8.74. The summed E-state index contributed by atoms with van der Waals surface area (Å²) in [6.45, 7) is 6.31. The highest BCUT2D eigenvalue weighted by molar-refractivity contribution is 8.14. The maximum Gasteiger partial charge on any atom is 0.176 e. The van der Waals surface area contributed by atoms with Crippen LogP contribution in [-0.2, 0) is 5.72 Å². The number of hydrogen-bond donors (Lipinski definition) is 1. The monoisotopic (exact) mass is 326 g/mol. The van der Waals surface area contributed by atoms with Crippen molar-refractivity contribution < 1.29 is 5.11 Å². The van der Waals surface area contributed by atoms with Crippen LogP contribution in [-0.4, -0.2) is 26.5 Å². The van der Waals surface area contributed by atoms with E-state index in [1.165, 1.54) is 0 Å². The van der Waals surface area contributed by atoms with Gasteiger partial charge in [-0.3, -0.25) is 0 Å². The fourth-order valence-corrected chi connectivity index (χ4v) is 4.26. The van der Waals surface area contributed by atoms with Crippen LogP contribution in [0, 0.1) is 0 Å². The number of aliphatic imine (C=N–C) groups is 1. The van der Waals surface area contributed by atoms with Gasteiger partial charge in [-0.05, 0) is 32.9 Å². The first-order valence-electron chi connectivity index (χ1n) is 7.76. The summed E-state index contributed by atoms with van der Waals surface area (Å²) in [5.74, 6) is 0.569. The highest BCUT2D eigenvalue weighted by atomic mass is 32.2. The van der Waals surface area contributed by atoms with E-state index < -0.39 is 5.72 Å². The van der Waals surface area contributed by atoms with Gasteiger partial charge in [0.15, 0.2) is 10.9 Å². The molecule has 1 aliphatic rings. The molecule has 3 nitrogen and oxygen atoms in total. The summed E-state index contributed by atoms with van der Waals surface area (Å²) in [5, 5.41) is 12.3. The van der Waals surface area contributed by atoms with E-state index in [0.717, 1.165) is 16.4 Å². The molecule has 0 saturated carbocycles. The van der Waals surface area contributed by atoms with Crippen molar-refractivity contribution >= 4 is 22.6 Å². The van der Waals surface area contributed by atoms with Gasteiger partial charge in [-0.15, -0.1) is 0 Å². The minimum atomic E-state index is -1.04. The van der Waals surface area contributed by atoms with Crippen molar-refractivity contribution in [3.63, 3.8) is 0 Å². The standard InChI is InChI=1S/C19H22N2OS/c1-18(2,3)21-17(20-16-12-8-5-9-13-16)23-14-19(21,22)15-10-6-4-7-11-15/h4-13,22H,14H2,1-3H3/t19-/m0/s1. The summed E-state index contributed by atoms with van der Waals surface area (Å²) in [7, 11) is 0. The normalized spacial score (nSPS) is 23.5. The van der Waals surface area contributed by atoms with Crippen LogP contribution in [0.15, 0.2) is 65.7 Å². The molecule has 1 N–H and O–H groups in total. The molecule has 0 aliphatic carbocycles. The summed E-state index contributed by atoms with van der Waals surface area (Å²) < 4.78 is 0. The molecule has 0 spiro atoms. The van der Waals surface area contributed by atoms with Crippen LogP contribution in [0.5, 0.6) is 0 Å². The average molecular weight is 326 g/mol. The van der Waals surface area contributed by atoms with Gasteiger partial charge < -0.3 is 10.0 Å². The Bertz CT molecular complexity index is 694. The second-order valence-corrected chi connectivity index (χ2v) is 7.65. The van der Waals surface area contributed by atoms with Crippen molar-refractivity contribution in [3.05, 3.63) is 66.2 Å². The first-order chi connectivity index (χ1) is 10.9. The third kappa shape index (κ3) is 3.14. The predicted octanol–water partition coefficient (Wildman–Crippen LogP) is 4.37. The van der Waals surface area contributed by atoms with Crippen molar-refractivity contribution in [1.82, 2.24) is 4.90 Å². The lowest BCUT2D eigenvalue weighted by atomic mass is 9.97. The number of para-hydroxylation sites is 1. The number of rotatable bonds is 2. The van der Waals surface area contributed by atoms with Crippen LogP contribution in [0.1, 0.15) is 26.3 Å². The highest BCUT2D eigenvalue weighted by Gasteiger charge is 2.49. The van der Waals surface area contributed by atoms with Crippen LogP contribution < -0.4 is 0 Å². The lowest BCUT2D eigenvalue weighted by Gasteiger charge is -2.43. The van der Waals surface area contributed by atoms with E-state index in [9.17, 15) is 5.11 Å². The molecule has 3 rings (SSSR count). The van der Waals surface area contributed by atoms with E-state index >= 15 is 0 Å². The van der Waals surface area contributed by atoms with Gasteiger partial charge in [0.25, 0.3) is 0 Å². The Kier molecular flexibility index (Phi) is 4.21. The minimum absolute atomic E-state index is 0.248. The van der Waals surface area contributed by atoms with Crippen LogP contribution in [0.25, 0.3) is 0 Å². The second kappa shape index (κ2) is 6.02. The number of benzene rings is 2. The van der Waals surface area contributed by atoms with Crippen molar-refractivity contribution in [3.8, 4) is 0 Å². The molecular formula is C19H22N2OS. The van der Waals surface area contributed by atoms with Crippen LogP contribution in [0.2, 0.25) is 0 Å². The summed E-state index contributed by atoms with van der Waals surface area (Å²) in [4.78, 5) is 6.81. The highest BCUT2D eigenvalue weighted by Crippen LogP contribution is 2.44. The zero-order valence-electron chi connectivity index (χ0n) is 13.7. The van der Waals surface area contributed by atoms with E-state index in [-0.39, 0.29) is 5.54 Å². The first kappa shape index (κ1) is 16.1. The Labute approximate surface area is 142 Å². The molecule has 0 amide bonds. The third-order valence-corrected chi connectivity index (χ3v) is 4.93. The lowest BCUT2D eigenvalue weighted by Crippen LogP contribution is -2.54. The quantitative estimate of drug-likeness (QED) is 0.890. The Morgan fingerprint density at radius 1 is 1.00 bits per heavy atom. The Hall–Kier alpha value is -1.78. The van der Waals surface area contributed by atoms with Crippen molar-refractivity contribution in [1.29, 1.82) is 0 Å². The molecule has 0 aromatic heterocycles. The summed E-state index contributed by atoms with van der Waals surface area (Å²) in [5.41, 5.74) is 0.515. The smallest absolute Gasteiger partial charge is 0.176 e. The average Bonchev–Trinajstić information content (AvgIpc) is 2.87. The van der Waals surface area contributed by atoms with Crippen LogP contribution in [0.4, 0.5) is 5.69 Å². The van der Waals surface area contributed by atoms with E-state index in [1.54, 1.807) is 11.8 Å². The molecule has 0 unspecified atom stereocenters.